The van der Waals surface area contributed by atoms with Gasteiger partial charge in [-0.25, -0.2) is 4.98 Å². The van der Waals surface area contributed by atoms with Crippen molar-refractivity contribution < 1.29 is 14.3 Å². The molecule has 0 atom stereocenters. The van der Waals surface area contributed by atoms with Gasteiger partial charge < -0.3 is 14.8 Å². The summed E-state index contributed by atoms with van der Waals surface area (Å²) in [5, 5.41) is 5.67. The number of amides is 1. The lowest BCUT2D eigenvalue weighted by Crippen LogP contribution is -2.14. The predicted molar refractivity (Wildman–Crippen MR) is 78.7 cm³/mol. The fourth-order valence-electron chi connectivity index (χ4n) is 1.77. The van der Waals surface area contributed by atoms with Gasteiger partial charge in [0.25, 0.3) is 0 Å². The van der Waals surface area contributed by atoms with Gasteiger partial charge in [-0.1, -0.05) is 0 Å². The lowest BCUT2D eigenvalue weighted by molar-refractivity contribution is -0.115. The molecule has 0 saturated carbocycles. The fraction of sp³-hybridized carbons (Fsp3) is 0.286. The Morgan fingerprint density at radius 3 is 2.65 bits per heavy atom. The van der Waals surface area contributed by atoms with Crippen LogP contribution in [0.5, 0.6) is 11.5 Å². The monoisotopic (exact) mass is 292 g/mol. The van der Waals surface area contributed by atoms with Gasteiger partial charge in [-0.15, -0.1) is 11.3 Å². The first-order valence-electron chi connectivity index (χ1n) is 6.05. The third-order valence-electron chi connectivity index (χ3n) is 2.68. The molecule has 106 valence electrons. The minimum atomic E-state index is -0.109. The second kappa shape index (κ2) is 6.38. The highest BCUT2D eigenvalue weighted by Crippen LogP contribution is 2.29. The Balaban J connectivity index is 2.04. The maximum absolute atomic E-state index is 11.9. The largest absolute Gasteiger partial charge is 0.493 e. The van der Waals surface area contributed by atoms with Gasteiger partial charge in [-0.3, -0.25) is 4.79 Å². The minimum Gasteiger partial charge on any atom is -0.493 e. The normalized spacial score (nSPS) is 10.2. The smallest absolute Gasteiger partial charge is 0.230 e. The van der Waals surface area contributed by atoms with Gasteiger partial charge in [0.15, 0.2) is 11.5 Å². The Kier molecular flexibility index (Phi) is 4.57. The Morgan fingerprint density at radius 2 is 2.05 bits per heavy atom. The summed E-state index contributed by atoms with van der Waals surface area (Å²) in [6, 6.07) is 5.25. The number of nitrogens with zero attached hydrogens (tertiary/aromatic N) is 1. The van der Waals surface area contributed by atoms with E-state index in [1.54, 1.807) is 32.4 Å². The van der Waals surface area contributed by atoms with Gasteiger partial charge in [-0.2, -0.15) is 0 Å². The summed E-state index contributed by atoms with van der Waals surface area (Å²) in [7, 11) is 3.13. The summed E-state index contributed by atoms with van der Waals surface area (Å²) >= 11 is 1.54. The number of carbonyl (C=O) groups is 1. The van der Waals surface area contributed by atoms with Gasteiger partial charge in [0.05, 0.1) is 31.3 Å². The predicted octanol–water partition coefficient (Wildman–Crippen LogP) is 2.65. The number of benzene rings is 1. The number of hydrogen-bond acceptors (Lipinski definition) is 5. The molecule has 20 heavy (non-hydrogen) atoms. The molecule has 0 fully saturated rings. The first-order chi connectivity index (χ1) is 9.62. The van der Waals surface area contributed by atoms with Crippen LogP contribution in [0.3, 0.4) is 0 Å². The van der Waals surface area contributed by atoms with Crippen LogP contribution in [0.25, 0.3) is 0 Å². The summed E-state index contributed by atoms with van der Waals surface area (Å²) < 4.78 is 10.3. The van der Waals surface area contributed by atoms with Crippen LogP contribution in [0.4, 0.5) is 5.69 Å². The molecule has 1 heterocycles. The van der Waals surface area contributed by atoms with E-state index >= 15 is 0 Å². The topological polar surface area (TPSA) is 60.5 Å². The molecule has 0 aliphatic heterocycles. The Labute approximate surface area is 121 Å². The van der Waals surface area contributed by atoms with Crippen LogP contribution < -0.4 is 14.8 Å². The summed E-state index contributed by atoms with van der Waals surface area (Å²) in [6.45, 7) is 1.92. The second-order valence-electron chi connectivity index (χ2n) is 4.15. The Morgan fingerprint density at radius 1 is 1.30 bits per heavy atom. The number of rotatable bonds is 5. The second-order valence-corrected chi connectivity index (χ2v) is 5.21. The van der Waals surface area contributed by atoms with E-state index in [9.17, 15) is 4.79 Å². The number of aromatic nitrogens is 1. The zero-order chi connectivity index (χ0) is 14.5. The number of ether oxygens (including phenoxy) is 2. The number of methoxy groups -OCH3 is 2. The third kappa shape index (κ3) is 3.48. The quantitative estimate of drug-likeness (QED) is 0.920. The molecule has 0 unspecified atom stereocenters. The number of hydrogen-bond donors (Lipinski definition) is 1. The van der Waals surface area contributed by atoms with Crippen LogP contribution in [0, 0.1) is 6.92 Å². The molecule has 0 aliphatic carbocycles. The molecule has 1 N–H and O–H groups in total. The highest BCUT2D eigenvalue weighted by atomic mass is 32.1. The molecule has 0 radical (unpaired) electrons. The minimum absolute atomic E-state index is 0.109. The van der Waals surface area contributed by atoms with Crippen molar-refractivity contribution >= 4 is 22.9 Å². The van der Waals surface area contributed by atoms with Gasteiger partial charge in [-0.05, 0) is 19.1 Å². The van der Waals surface area contributed by atoms with Crippen LogP contribution in [-0.4, -0.2) is 25.1 Å². The van der Waals surface area contributed by atoms with Crippen LogP contribution in [0.2, 0.25) is 0 Å². The van der Waals surface area contributed by atoms with E-state index in [-0.39, 0.29) is 12.3 Å². The maximum atomic E-state index is 11.9. The van der Waals surface area contributed by atoms with E-state index in [0.29, 0.717) is 17.2 Å². The molecule has 2 rings (SSSR count). The maximum Gasteiger partial charge on any atom is 0.230 e. The number of thiazole rings is 1. The zero-order valence-electron chi connectivity index (χ0n) is 11.6. The van der Waals surface area contributed by atoms with Crippen molar-refractivity contribution in [3.05, 3.63) is 34.3 Å². The zero-order valence-corrected chi connectivity index (χ0v) is 12.4. The SMILES string of the molecule is COc1ccc(NC(=O)Cc2csc(C)n2)cc1OC. The molecule has 0 aliphatic rings. The number of anilines is 1. The molecule has 6 heteroatoms. The number of carbonyl (C=O) groups excluding carboxylic acids is 1. The van der Waals surface area contributed by atoms with Crippen LogP contribution in [0.1, 0.15) is 10.7 Å². The standard InChI is InChI=1S/C14H16N2O3S/c1-9-15-11(8-20-9)7-14(17)16-10-4-5-12(18-2)13(6-10)19-3/h4-6,8H,7H2,1-3H3,(H,16,17). The van der Waals surface area contributed by atoms with Gasteiger partial charge >= 0.3 is 0 Å². The van der Waals surface area contributed by atoms with Crippen molar-refractivity contribution in [2.75, 3.05) is 19.5 Å². The van der Waals surface area contributed by atoms with E-state index in [2.05, 4.69) is 10.3 Å². The molecule has 5 nitrogen and oxygen atoms in total. The summed E-state index contributed by atoms with van der Waals surface area (Å²) in [5.41, 5.74) is 1.45. The van der Waals surface area contributed by atoms with E-state index in [1.807, 2.05) is 12.3 Å². The van der Waals surface area contributed by atoms with Crippen LogP contribution in [-0.2, 0) is 11.2 Å². The Hall–Kier alpha value is -2.08. The summed E-state index contributed by atoms with van der Waals surface area (Å²) in [5.74, 6) is 1.10. The van der Waals surface area contributed by atoms with Gasteiger partial charge in [0.1, 0.15) is 0 Å². The molecule has 0 bridgehead atoms. The lowest BCUT2D eigenvalue weighted by Gasteiger charge is -2.10. The first-order valence-corrected chi connectivity index (χ1v) is 6.93. The number of aryl methyl sites for hydroxylation is 1. The van der Waals surface area contributed by atoms with E-state index in [1.165, 1.54) is 11.3 Å². The lowest BCUT2D eigenvalue weighted by atomic mass is 10.2. The Bertz CT molecular complexity index is 610. The summed E-state index contributed by atoms with van der Waals surface area (Å²) in [6.07, 6.45) is 0.263. The van der Waals surface area contributed by atoms with Gasteiger partial charge in [0.2, 0.25) is 5.91 Å². The van der Waals surface area contributed by atoms with Crippen molar-refractivity contribution in [2.45, 2.75) is 13.3 Å². The first kappa shape index (κ1) is 14.3. The molecular weight excluding hydrogens is 276 g/mol. The van der Waals surface area contributed by atoms with Crippen molar-refractivity contribution in [3.8, 4) is 11.5 Å². The van der Waals surface area contributed by atoms with E-state index in [4.69, 9.17) is 9.47 Å². The molecule has 0 saturated heterocycles. The summed E-state index contributed by atoms with van der Waals surface area (Å²) in [4.78, 5) is 16.2. The highest BCUT2D eigenvalue weighted by molar-refractivity contribution is 7.09. The van der Waals surface area contributed by atoms with Crippen molar-refractivity contribution in [1.82, 2.24) is 4.98 Å². The number of nitrogens with one attached hydrogen (secondary N) is 1. The molecule has 1 amide bonds. The highest BCUT2D eigenvalue weighted by Gasteiger charge is 2.09. The van der Waals surface area contributed by atoms with Crippen LogP contribution in [0.15, 0.2) is 23.6 Å². The van der Waals surface area contributed by atoms with Crippen LogP contribution >= 0.6 is 11.3 Å². The molecule has 1 aromatic carbocycles. The van der Waals surface area contributed by atoms with Crippen molar-refractivity contribution in [3.63, 3.8) is 0 Å². The average Bonchev–Trinajstić information content (AvgIpc) is 2.83. The van der Waals surface area contributed by atoms with E-state index < -0.39 is 0 Å². The molecular formula is C14H16N2O3S. The molecule has 0 spiro atoms. The van der Waals surface area contributed by atoms with E-state index in [0.717, 1.165) is 10.7 Å². The van der Waals surface area contributed by atoms with Crippen molar-refractivity contribution in [1.29, 1.82) is 0 Å². The third-order valence-corrected chi connectivity index (χ3v) is 3.50. The molecule has 1 aromatic heterocycles. The fourth-order valence-corrected chi connectivity index (χ4v) is 2.39. The molecule has 2 aromatic rings. The average molecular weight is 292 g/mol. The van der Waals surface area contributed by atoms with Gasteiger partial charge in [0, 0.05) is 17.1 Å². The van der Waals surface area contributed by atoms with Crippen molar-refractivity contribution in [2.24, 2.45) is 0 Å².